The Morgan fingerprint density at radius 2 is 1.80 bits per heavy atom. The molecule has 0 heterocycles. The van der Waals surface area contributed by atoms with Gasteiger partial charge in [0.15, 0.2) is 0 Å². The summed E-state index contributed by atoms with van der Waals surface area (Å²) in [5, 5.41) is 5.70. The van der Waals surface area contributed by atoms with E-state index in [4.69, 9.17) is 23.2 Å². The second-order valence-corrected chi connectivity index (χ2v) is 11.0. The lowest BCUT2D eigenvalue weighted by atomic mass is 9.47. The highest BCUT2D eigenvalue weighted by molar-refractivity contribution is 6.43. The molecule has 0 aliphatic heterocycles. The minimum absolute atomic E-state index is 0.0415. The number of hydrogen-bond donors (Lipinski definition) is 1. The van der Waals surface area contributed by atoms with Gasteiger partial charge in [0.2, 0.25) is 0 Å². The van der Waals surface area contributed by atoms with Gasteiger partial charge in [-0.25, -0.2) is 0 Å². The molecule has 5 atom stereocenters. The largest absolute Gasteiger partial charge is 0.299 e. The molecule has 30 heavy (non-hydrogen) atoms. The third kappa shape index (κ3) is 3.07. The SMILES string of the molecule is C[C@]12CC/C(=N\Nc3cccc(Cl)c3Cl)C=C1CC[C@H]1[C@H]2CC[C@]2(C)C(=O)CC[C@H]12. The maximum absolute atomic E-state index is 12.6. The molecule has 0 unspecified atom stereocenters. The Kier molecular flexibility index (Phi) is 5.06. The van der Waals surface area contributed by atoms with Crippen molar-refractivity contribution in [3.8, 4) is 0 Å². The number of carbonyl (C=O) groups is 1. The van der Waals surface area contributed by atoms with Gasteiger partial charge in [0.05, 0.1) is 21.4 Å². The molecule has 4 aliphatic carbocycles. The molecular weight excluding hydrogens is 415 g/mol. The number of ketones is 1. The number of Topliss-reactive ketones (excluding diaryl/α,β-unsaturated/α-hetero) is 1. The molecular formula is C25H30Cl2N2O. The first kappa shape index (κ1) is 20.6. The highest BCUT2D eigenvalue weighted by atomic mass is 35.5. The van der Waals surface area contributed by atoms with Gasteiger partial charge < -0.3 is 0 Å². The molecule has 0 aromatic heterocycles. The summed E-state index contributed by atoms with van der Waals surface area (Å²) in [5.41, 5.74) is 6.72. The van der Waals surface area contributed by atoms with Crippen LogP contribution in [0.25, 0.3) is 0 Å². The molecule has 160 valence electrons. The predicted octanol–water partition coefficient (Wildman–Crippen LogP) is 7.29. The van der Waals surface area contributed by atoms with Crippen LogP contribution in [0.5, 0.6) is 0 Å². The van der Waals surface area contributed by atoms with E-state index in [2.05, 4.69) is 30.5 Å². The van der Waals surface area contributed by atoms with E-state index in [-0.39, 0.29) is 10.8 Å². The van der Waals surface area contributed by atoms with Crippen molar-refractivity contribution in [2.45, 2.75) is 65.2 Å². The van der Waals surface area contributed by atoms with Crippen LogP contribution in [0, 0.1) is 28.6 Å². The number of anilines is 1. The number of hydrogen-bond acceptors (Lipinski definition) is 3. The van der Waals surface area contributed by atoms with E-state index in [0.29, 0.717) is 33.6 Å². The minimum atomic E-state index is -0.0415. The van der Waals surface area contributed by atoms with E-state index >= 15 is 0 Å². The molecule has 1 aromatic carbocycles. The number of carbonyl (C=O) groups excluding carboxylic acids is 1. The highest BCUT2D eigenvalue weighted by Crippen LogP contribution is 2.64. The highest BCUT2D eigenvalue weighted by Gasteiger charge is 2.58. The van der Waals surface area contributed by atoms with Crippen LogP contribution in [-0.2, 0) is 4.79 Å². The van der Waals surface area contributed by atoms with Crippen molar-refractivity contribution in [3.63, 3.8) is 0 Å². The molecule has 5 heteroatoms. The standard InChI is InChI=1S/C25H30Cl2N2O/c1-24-12-10-16(28-29-21-5-3-4-20(26)23(21)27)14-15(24)6-7-17-18-8-9-22(30)25(18,2)13-11-19(17)24/h3-5,14,17-19,29H,6-13H2,1-2H3/b28-16+/t17-,18-,19-,24+,25+/m1/s1. The smallest absolute Gasteiger partial charge is 0.139 e. The fourth-order valence-electron chi connectivity index (χ4n) is 7.15. The number of allylic oxidation sites excluding steroid dienone is 2. The summed E-state index contributed by atoms with van der Waals surface area (Å²) in [6.45, 7) is 4.74. The molecule has 0 amide bonds. The zero-order chi connectivity index (χ0) is 21.1. The van der Waals surface area contributed by atoms with Crippen LogP contribution < -0.4 is 5.43 Å². The van der Waals surface area contributed by atoms with Gasteiger partial charge in [-0.15, -0.1) is 0 Å². The molecule has 4 aliphatic rings. The van der Waals surface area contributed by atoms with Crippen molar-refractivity contribution < 1.29 is 4.79 Å². The molecule has 5 rings (SSSR count). The zero-order valence-electron chi connectivity index (χ0n) is 17.8. The van der Waals surface area contributed by atoms with E-state index < -0.39 is 0 Å². The molecule has 0 radical (unpaired) electrons. The predicted molar refractivity (Wildman–Crippen MR) is 124 cm³/mol. The van der Waals surface area contributed by atoms with Crippen LogP contribution in [0.2, 0.25) is 10.0 Å². The molecule has 0 saturated heterocycles. The Balaban J connectivity index is 1.38. The molecule has 3 nitrogen and oxygen atoms in total. The van der Waals surface area contributed by atoms with Crippen LogP contribution in [0.15, 0.2) is 34.9 Å². The number of nitrogens with zero attached hydrogens (tertiary/aromatic N) is 1. The fraction of sp³-hybridized carbons (Fsp3) is 0.600. The second kappa shape index (κ2) is 7.38. The first-order valence-corrected chi connectivity index (χ1v) is 12.1. The Morgan fingerprint density at radius 1 is 1.00 bits per heavy atom. The Morgan fingerprint density at radius 3 is 2.63 bits per heavy atom. The van der Waals surface area contributed by atoms with Crippen LogP contribution in [0.4, 0.5) is 5.69 Å². The summed E-state index contributed by atoms with van der Waals surface area (Å²) in [4.78, 5) is 12.6. The molecule has 0 spiro atoms. The van der Waals surface area contributed by atoms with Crippen molar-refractivity contribution >= 4 is 40.4 Å². The van der Waals surface area contributed by atoms with Crippen molar-refractivity contribution in [2.75, 3.05) is 5.43 Å². The van der Waals surface area contributed by atoms with Crippen molar-refractivity contribution in [2.24, 2.45) is 33.7 Å². The number of fused-ring (bicyclic) bond motifs is 5. The maximum Gasteiger partial charge on any atom is 0.139 e. The monoisotopic (exact) mass is 444 g/mol. The molecule has 0 bridgehead atoms. The fourth-order valence-corrected chi connectivity index (χ4v) is 7.50. The molecule has 3 fully saturated rings. The van der Waals surface area contributed by atoms with E-state index in [1.54, 1.807) is 11.6 Å². The molecule has 1 aromatic rings. The lowest BCUT2D eigenvalue weighted by molar-refractivity contribution is -0.132. The lowest BCUT2D eigenvalue weighted by Crippen LogP contribution is -2.50. The van der Waals surface area contributed by atoms with E-state index in [0.717, 1.165) is 49.9 Å². The summed E-state index contributed by atoms with van der Waals surface area (Å²) >= 11 is 12.4. The van der Waals surface area contributed by atoms with Gasteiger partial charge in [-0.2, -0.15) is 5.10 Å². The van der Waals surface area contributed by atoms with Gasteiger partial charge in [-0.1, -0.05) is 48.7 Å². The van der Waals surface area contributed by atoms with Gasteiger partial charge in [0.1, 0.15) is 5.78 Å². The van der Waals surface area contributed by atoms with E-state index in [1.807, 2.05) is 12.1 Å². The van der Waals surface area contributed by atoms with Crippen molar-refractivity contribution in [1.82, 2.24) is 0 Å². The topological polar surface area (TPSA) is 41.5 Å². The Hall–Kier alpha value is -1.32. The Labute approximate surface area is 189 Å². The normalized spacial score (nSPS) is 39.2. The van der Waals surface area contributed by atoms with Crippen LogP contribution in [-0.4, -0.2) is 11.5 Å². The summed E-state index contributed by atoms with van der Waals surface area (Å²) < 4.78 is 0. The summed E-state index contributed by atoms with van der Waals surface area (Å²) in [6, 6.07) is 5.55. The average Bonchev–Trinajstić information content (AvgIpc) is 3.04. The van der Waals surface area contributed by atoms with Crippen LogP contribution in [0.1, 0.15) is 65.2 Å². The number of hydrazone groups is 1. The maximum atomic E-state index is 12.6. The van der Waals surface area contributed by atoms with Gasteiger partial charge in [-0.3, -0.25) is 10.2 Å². The van der Waals surface area contributed by atoms with Gasteiger partial charge >= 0.3 is 0 Å². The van der Waals surface area contributed by atoms with Crippen LogP contribution in [0.3, 0.4) is 0 Å². The molecule has 1 N–H and O–H groups in total. The quantitative estimate of drug-likeness (QED) is 0.486. The second-order valence-electron chi connectivity index (χ2n) is 10.2. The lowest BCUT2D eigenvalue weighted by Gasteiger charge is -2.57. The number of rotatable bonds is 2. The minimum Gasteiger partial charge on any atom is -0.299 e. The molecule has 3 saturated carbocycles. The number of benzene rings is 1. The third-order valence-corrected chi connectivity index (χ3v) is 9.78. The summed E-state index contributed by atoms with van der Waals surface area (Å²) in [5.74, 6) is 2.54. The number of nitrogens with one attached hydrogen (secondary N) is 1. The van der Waals surface area contributed by atoms with Gasteiger partial charge in [0, 0.05) is 11.8 Å². The number of halogens is 2. The van der Waals surface area contributed by atoms with Gasteiger partial charge in [-0.05, 0) is 86.3 Å². The Bertz CT molecular complexity index is 954. The summed E-state index contributed by atoms with van der Waals surface area (Å²) in [6.07, 6.45) is 11.0. The zero-order valence-corrected chi connectivity index (χ0v) is 19.3. The van der Waals surface area contributed by atoms with Crippen molar-refractivity contribution in [1.29, 1.82) is 0 Å². The van der Waals surface area contributed by atoms with Crippen LogP contribution >= 0.6 is 23.2 Å². The first-order valence-electron chi connectivity index (χ1n) is 11.3. The van der Waals surface area contributed by atoms with Crippen molar-refractivity contribution in [3.05, 3.63) is 39.9 Å². The average molecular weight is 445 g/mol. The van der Waals surface area contributed by atoms with E-state index in [1.165, 1.54) is 12.8 Å². The third-order valence-electron chi connectivity index (χ3n) is 8.96. The summed E-state index contributed by atoms with van der Waals surface area (Å²) in [7, 11) is 0. The van der Waals surface area contributed by atoms with E-state index in [9.17, 15) is 4.79 Å². The first-order chi connectivity index (χ1) is 14.3. The van der Waals surface area contributed by atoms with Gasteiger partial charge in [0.25, 0.3) is 0 Å².